The Morgan fingerprint density at radius 1 is 1.00 bits per heavy atom. The second-order valence-electron chi connectivity index (χ2n) is 5.48. The summed E-state index contributed by atoms with van der Waals surface area (Å²) in [6, 6.07) is -0.378. The fraction of sp³-hybridized carbons (Fsp3) is 0.786. The molecule has 0 aliphatic rings. The van der Waals surface area contributed by atoms with Gasteiger partial charge in [-0.25, -0.2) is 0 Å². The number of amides is 1. The van der Waals surface area contributed by atoms with E-state index in [2.05, 4.69) is 0 Å². The molecule has 0 aromatic carbocycles. The molecule has 0 saturated heterocycles. The van der Waals surface area contributed by atoms with Crippen LogP contribution in [-0.4, -0.2) is 35.5 Å². The molecule has 4 heteroatoms. The van der Waals surface area contributed by atoms with Crippen LogP contribution < -0.4 is 0 Å². The second kappa shape index (κ2) is 7.29. The summed E-state index contributed by atoms with van der Waals surface area (Å²) in [5.41, 5.74) is 0. The van der Waals surface area contributed by atoms with Gasteiger partial charge < -0.3 is 4.90 Å². The Morgan fingerprint density at radius 3 is 1.83 bits per heavy atom. The van der Waals surface area contributed by atoms with E-state index in [1.165, 1.54) is 18.7 Å². The Kier molecular flexibility index (Phi) is 6.81. The first-order valence-corrected chi connectivity index (χ1v) is 6.43. The molecule has 0 unspecified atom stereocenters. The average Bonchev–Trinajstić information content (AvgIpc) is 2.23. The Morgan fingerprint density at radius 2 is 1.50 bits per heavy atom. The zero-order valence-electron chi connectivity index (χ0n) is 12.3. The third-order valence-corrected chi connectivity index (χ3v) is 3.20. The molecule has 0 spiro atoms. The van der Waals surface area contributed by atoms with Crippen LogP contribution >= 0.6 is 0 Å². The van der Waals surface area contributed by atoms with Gasteiger partial charge in [0.1, 0.15) is 5.78 Å². The van der Waals surface area contributed by atoms with Gasteiger partial charge >= 0.3 is 0 Å². The van der Waals surface area contributed by atoms with Gasteiger partial charge in [-0.3, -0.25) is 14.4 Å². The number of hydrogen-bond acceptors (Lipinski definition) is 3. The van der Waals surface area contributed by atoms with E-state index in [1.807, 2.05) is 13.8 Å². The first-order chi connectivity index (χ1) is 8.16. The van der Waals surface area contributed by atoms with Crippen molar-refractivity contribution in [3.05, 3.63) is 0 Å². The Hall–Kier alpha value is -1.19. The summed E-state index contributed by atoms with van der Waals surface area (Å²) >= 11 is 0. The number of hydrogen-bond donors (Lipinski definition) is 0. The summed E-state index contributed by atoms with van der Waals surface area (Å²) in [6.45, 7) is 8.76. The van der Waals surface area contributed by atoms with Crippen molar-refractivity contribution in [1.29, 1.82) is 0 Å². The number of likely N-dealkylation sites (N-methyl/N-ethyl adjacent to an activating group) is 1. The molecule has 0 radical (unpaired) electrons. The van der Waals surface area contributed by atoms with Crippen molar-refractivity contribution in [2.75, 3.05) is 7.05 Å². The van der Waals surface area contributed by atoms with Gasteiger partial charge in [-0.2, -0.15) is 0 Å². The standard InChI is InChI=1S/C14H25NO3/c1-9(2)7-13(12(5)17)15(6)14(18)8-10(3)11(4)16/h9-10,13H,7-8H2,1-6H3/t10-,13-/m0/s1. The molecule has 0 N–H and O–H groups in total. The van der Waals surface area contributed by atoms with E-state index in [9.17, 15) is 14.4 Å². The van der Waals surface area contributed by atoms with Crippen molar-refractivity contribution >= 4 is 17.5 Å². The van der Waals surface area contributed by atoms with E-state index >= 15 is 0 Å². The molecule has 1 amide bonds. The minimum atomic E-state index is -0.378. The van der Waals surface area contributed by atoms with Crippen molar-refractivity contribution in [2.24, 2.45) is 11.8 Å². The number of ketones is 2. The lowest BCUT2D eigenvalue weighted by Crippen LogP contribution is -2.43. The molecule has 18 heavy (non-hydrogen) atoms. The molecule has 104 valence electrons. The monoisotopic (exact) mass is 255 g/mol. The summed E-state index contributed by atoms with van der Waals surface area (Å²) in [7, 11) is 1.64. The molecular weight excluding hydrogens is 230 g/mol. The van der Waals surface area contributed by atoms with Crippen LogP contribution in [0, 0.1) is 11.8 Å². The molecule has 4 nitrogen and oxygen atoms in total. The molecule has 0 aliphatic heterocycles. The van der Waals surface area contributed by atoms with Gasteiger partial charge in [0.2, 0.25) is 5.91 Å². The van der Waals surface area contributed by atoms with E-state index in [0.29, 0.717) is 12.3 Å². The highest BCUT2D eigenvalue weighted by Crippen LogP contribution is 2.14. The normalized spacial score (nSPS) is 14.2. The minimum Gasteiger partial charge on any atom is -0.336 e. The third kappa shape index (κ3) is 5.43. The average molecular weight is 255 g/mol. The fourth-order valence-electron chi connectivity index (χ4n) is 1.77. The zero-order chi connectivity index (χ0) is 14.5. The van der Waals surface area contributed by atoms with Crippen molar-refractivity contribution in [3.63, 3.8) is 0 Å². The van der Waals surface area contributed by atoms with Gasteiger partial charge in [-0.15, -0.1) is 0 Å². The van der Waals surface area contributed by atoms with Crippen LogP contribution in [0.15, 0.2) is 0 Å². The van der Waals surface area contributed by atoms with Crippen LogP contribution in [0.3, 0.4) is 0 Å². The van der Waals surface area contributed by atoms with Crippen molar-refractivity contribution in [3.8, 4) is 0 Å². The number of carbonyl (C=O) groups is 3. The second-order valence-corrected chi connectivity index (χ2v) is 5.48. The quantitative estimate of drug-likeness (QED) is 0.699. The molecular formula is C14H25NO3. The van der Waals surface area contributed by atoms with Crippen LogP contribution in [0.1, 0.15) is 47.5 Å². The van der Waals surface area contributed by atoms with Crippen molar-refractivity contribution in [1.82, 2.24) is 4.90 Å². The van der Waals surface area contributed by atoms with E-state index in [-0.39, 0.29) is 35.9 Å². The van der Waals surface area contributed by atoms with Gasteiger partial charge in [-0.1, -0.05) is 20.8 Å². The van der Waals surface area contributed by atoms with E-state index in [0.717, 1.165) is 0 Å². The largest absolute Gasteiger partial charge is 0.336 e. The SMILES string of the molecule is CC(=O)[C@@H](C)CC(=O)N(C)[C@@H](CC(C)C)C(C)=O. The molecule has 0 heterocycles. The van der Waals surface area contributed by atoms with Crippen LogP contribution in [0.25, 0.3) is 0 Å². The summed E-state index contributed by atoms with van der Waals surface area (Å²) in [5, 5.41) is 0. The van der Waals surface area contributed by atoms with Crippen molar-refractivity contribution < 1.29 is 14.4 Å². The zero-order valence-corrected chi connectivity index (χ0v) is 12.3. The highest BCUT2D eigenvalue weighted by atomic mass is 16.2. The maximum atomic E-state index is 12.0. The van der Waals surface area contributed by atoms with Gasteiger partial charge in [0, 0.05) is 19.4 Å². The lowest BCUT2D eigenvalue weighted by Gasteiger charge is -2.28. The topological polar surface area (TPSA) is 54.5 Å². The summed E-state index contributed by atoms with van der Waals surface area (Å²) in [6.07, 6.45) is 0.833. The Balaban J connectivity index is 4.66. The number of Topliss-reactive ketones (excluding diaryl/α,β-unsaturated/α-hetero) is 2. The molecule has 0 aliphatic carbocycles. The molecule has 0 aromatic rings. The molecule has 0 bridgehead atoms. The fourth-order valence-corrected chi connectivity index (χ4v) is 1.77. The molecule has 0 aromatic heterocycles. The van der Waals surface area contributed by atoms with Gasteiger partial charge in [-0.05, 0) is 26.2 Å². The molecule has 0 fully saturated rings. The van der Waals surface area contributed by atoms with Crippen LogP contribution in [0.2, 0.25) is 0 Å². The predicted octanol–water partition coefficient (Wildman–Crippen LogP) is 2.06. The summed E-state index contributed by atoms with van der Waals surface area (Å²) in [5.74, 6) is -0.0837. The highest BCUT2D eigenvalue weighted by molar-refractivity contribution is 5.89. The van der Waals surface area contributed by atoms with E-state index in [4.69, 9.17) is 0 Å². The maximum absolute atomic E-state index is 12.0. The maximum Gasteiger partial charge on any atom is 0.223 e. The molecule has 2 atom stereocenters. The van der Waals surface area contributed by atoms with Gasteiger partial charge in [0.25, 0.3) is 0 Å². The lowest BCUT2D eigenvalue weighted by molar-refractivity contribution is -0.139. The summed E-state index contributed by atoms with van der Waals surface area (Å²) in [4.78, 5) is 36.2. The van der Waals surface area contributed by atoms with E-state index in [1.54, 1.807) is 14.0 Å². The molecule has 0 rings (SSSR count). The predicted molar refractivity (Wildman–Crippen MR) is 71.2 cm³/mol. The van der Waals surface area contributed by atoms with E-state index < -0.39 is 0 Å². The first kappa shape index (κ1) is 16.8. The first-order valence-electron chi connectivity index (χ1n) is 6.43. The lowest BCUT2D eigenvalue weighted by atomic mass is 9.98. The smallest absolute Gasteiger partial charge is 0.223 e. The van der Waals surface area contributed by atoms with Crippen LogP contribution in [0.4, 0.5) is 0 Å². The third-order valence-electron chi connectivity index (χ3n) is 3.20. The van der Waals surface area contributed by atoms with Crippen LogP contribution in [0.5, 0.6) is 0 Å². The number of nitrogens with zero attached hydrogens (tertiary/aromatic N) is 1. The van der Waals surface area contributed by atoms with Gasteiger partial charge in [0.15, 0.2) is 5.78 Å². The highest BCUT2D eigenvalue weighted by Gasteiger charge is 2.26. The van der Waals surface area contributed by atoms with Gasteiger partial charge in [0.05, 0.1) is 6.04 Å². The number of rotatable bonds is 7. The van der Waals surface area contributed by atoms with Crippen LogP contribution in [-0.2, 0) is 14.4 Å². The summed E-state index contributed by atoms with van der Waals surface area (Å²) < 4.78 is 0. The van der Waals surface area contributed by atoms with Crippen molar-refractivity contribution in [2.45, 2.75) is 53.5 Å². The Labute approximate surface area is 110 Å². The minimum absolute atomic E-state index is 0.0000143. The molecule has 0 saturated carbocycles. The Bertz CT molecular complexity index is 323. The number of carbonyl (C=O) groups excluding carboxylic acids is 3.